The molecular formula is C22H26N2O5S. The molecule has 1 heterocycles. The lowest BCUT2D eigenvalue weighted by molar-refractivity contribution is -0.145. The van der Waals surface area contributed by atoms with Crippen LogP contribution in [0.3, 0.4) is 0 Å². The second-order valence-corrected chi connectivity index (χ2v) is 7.85. The number of thiazole rings is 1. The van der Waals surface area contributed by atoms with Gasteiger partial charge in [-0.1, -0.05) is 29.5 Å². The second-order valence-electron chi connectivity index (χ2n) is 6.86. The Morgan fingerprint density at radius 2 is 2.00 bits per heavy atom. The molecule has 0 saturated heterocycles. The van der Waals surface area contributed by atoms with E-state index < -0.39 is 6.10 Å². The molecule has 0 radical (unpaired) electrons. The summed E-state index contributed by atoms with van der Waals surface area (Å²) in [6.07, 6.45) is 0.153. The van der Waals surface area contributed by atoms with Gasteiger partial charge in [0.05, 0.1) is 22.9 Å². The fourth-order valence-corrected chi connectivity index (χ4v) is 3.97. The van der Waals surface area contributed by atoms with Crippen molar-refractivity contribution < 1.29 is 19.4 Å². The molecule has 1 atom stereocenters. The molecule has 30 heavy (non-hydrogen) atoms. The number of ether oxygens (including phenoxy) is 2. The van der Waals surface area contributed by atoms with Gasteiger partial charge in [0.1, 0.15) is 5.75 Å². The predicted octanol–water partition coefficient (Wildman–Crippen LogP) is 2.41. The van der Waals surface area contributed by atoms with Crippen LogP contribution in [0, 0.1) is 0 Å². The van der Waals surface area contributed by atoms with Crippen LogP contribution in [0.25, 0.3) is 10.2 Å². The number of nitrogens with zero attached hydrogens (tertiary/aromatic N) is 1. The molecule has 0 aliphatic carbocycles. The van der Waals surface area contributed by atoms with E-state index in [4.69, 9.17) is 9.47 Å². The van der Waals surface area contributed by atoms with Crippen molar-refractivity contribution in [3.8, 4) is 5.75 Å². The van der Waals surface area contributed by atoms with Gasteiger partial charge in [-0.3, -0.25) is 4.79 Å². The van der Waals surface area contributed by atoms with Crippen molar-refractivity contribution in [1.82, 2.24) is 9.88 Å². The van der Waals surface area contributed by atoms with Gasteiger partial charge in [0, 0.05) is 13.6 Å². The zero-order chi connectivity index (χ0) is 21.5. The first-order valence-corrected chi connectivity index (χ1v) is 10.6. The molecule has 3 aromatic rings. The van der Waals surface area contributed by atoms with Gasteiger partial charge < -0.3 is 24.5 Å². The monoisotopic (exact) mass is 430 g/mol. The predicted molar refractivity (Wildman–Crippen MR) is 117 cm³/mol. The molecule has 7 nitrogen and oxygen atoms in total. The lowest BCUT2D eigenvalue weighted by Crippen LogP contribution is -2.23. The van der Waals surface area contributed by atoms with E-state index in [1.54, 1.807) is 18.5 Å². The molecule has 0 saturated carbocycles. The van der Waals surface area contributed by atoms with Gasteiger partial charge in [0.2, 0.25) is 0 Å². The van der Waals surface area contributed by atoms with Crippen LogP contribution in [-0.4, -0.2) is 41.9 Å². The highest BCUT2D eigenvalue weighted by molar-refractivity contribution is 7.16. The van der Waals surface area contributed by atoms with Crippen LogP contribution in [0.2, 0.25) is 0 Å². The Labute approximate surface area is 178 Å². The van der Waals surface area contributed by atoms with Gasteiger partial charge in [-0.05, 0) is 55.3 Å². The SMILES string of the molecule is CCOC(=O)COc1ccc(CCNCC(O)c2ccc3c(c2)sc(=O)n3C)cc1. The topological polar surface area (TPSA) is 89.8 Å². The minimum atomic E-state index is -0.643. The van der Waals surface area contributed by atoms with E-state index in [0.717, 1.165) is 27.8 Å². The first-order chi connectivity index (χ1) is 14.5. The van der Waals surface area contributed by atoms with E-state index in [0.29, 0.717) is 25.4 Å². The molecule has 0 fully saturated rings. The molecule has 0 aliphatic heterocycles. The molecule has 3 rings (SSSR count). The fraction of sp³-hybridized carbons (Fsp3) is 0.364. The standard InChI is InChI=1S/C22H26N2O5S/c1-3-28-21(26)14-29-17-7-4-15(5-8-17)10-11-23-13-19(25)16-6-9-18-20(12-16)30-22(27)24(18)2/h4-9,12,19,23,25H,3,10-11,13-14H2,1-2H3. The Morgan fingerprint density at radius 3 is 2.73 bits per heavy atom. The number of aryl methyl sites for hydroxylation is 1. The number of aromatic nitrogens is 1. The summed E-state index contributed by atoms with van der Waals surface area (Å²) in [6, 6.07) is 13.2. The van der Waals surface area contributed by atoms with Gasteiger partial charge in [0.15, 0.2) is 6.61 Å². The number of carbonyl (C=O) groups is 1. The number of aliphatic hydroxyl groups is 1. The highest BCUT2D eigenvalue weighted by Crippen LogP contribution is 2.22. The number of carbonyl (C=O) groups excluding carboxylic acids is 1. The van der Waals surface area contributed by atoms with Crippen molar-refractivity contribution in [2.24, 2.45) is 7.05 Å². The van der Waals surface area contributed by atoms with Crippen LogP contribution in [0.15, 0.2) is 47.3 Å². The zero-order valence-corrected chi connectivity index (χ0v) is 17.9. The number of esters is 1. The lowest BCUT2D eigenvalue weighted by atomic mass is 10.1. The molecule has 160 valence electrons. The fourth-order valence-electron chi connectivity index (χ4n) is 3.04. The van der Waals surface area contributed by atoms with Crippen molar-refractivity contribution in [1.29, 1.82) is 0 Å². The average molecular weight is 431 g/mol. The molecule has 0 amide bonds. The molecule has 2 N–H and O–H groups in total. The van der Waals surface area contributed by atoms with Crippen LogP contribution in [-0.2, 0) is 23.0 Å². The normalized spacial score (nSPS) is 12.1. The van der Waals surface area contributed by atoms with Gasteiger partial charge in [0.25, 0.3) is 0 Å². The first-order valence-electron chi connectivity index (χ1n) is 9.83. The number of rotatable bonds is 10. The Balaban J connectivity index is 1.43. The summed E-state index contributed by atoms with van der Waals surface area (Å²) in [5.74, 6) is 0.235. The van der Waals surface area contributed by atoms with E-state index >= 15 is 0 Å². The Bertz CT molecular complexity index is 1040. The van der Waals surface area contributed by atoms with E-state index in [2.05, 4.69) is 5.32 Å². The number of benzene rings is 2. The quantitative estimate of drug-likeness (QED) is 0.379. The number of hydrogen-bond donors (Lipinski definition) is 2. The van der Waals surface area contributed by atoms with Crippen molar-refractivity contribution in [2.45, 2.75) is 19.4 Å². The summed E-state index contributed by atoms with van der Waals surface area (Å²) in [6.45, 7) is 3.13. The zero-order valence-electron chi connectivity index (χ0n) is 17.1. The Morgan fingerprint density at radius 1 is 1.23 bits per heavy atom. The van der Waals surface area contributed by atoms with Crippen LogP contribution >= 0.6 is 11.3 Å². The van der Waals surface area contributed by atoms with Gasteiger partial charge in [-0.2, -0.15) is 0 Å². The van der Waals surface area contributed by atoms with Crippen molar-refractivity contribution in [3.63, 3.8) is 0 Å². The molecular weight excluding hydrogens is 404 g/mol. The molecule has 0 aliphatic rings. The van der Waals surface area contributed by atoms with Crippen LogP contribution < -0.4 is 14.9 Å². The summed E-state index contributed by atoms with van der Waals surface area (Å²) in [4.78, 5) is 23.1. The minimum Gasteiger partial charge on any atom is -0.482 e. The van der Waals surface area contributed by atoms with Gasteiger partial charge >= 0.3 is 10.8 Å². The molecule has 8 heteroatoms. The summed E-state index contributed by atoms with van der Waals surface area (Å²) in [7, 11) is 1.75. The maximum Gasteiger partial charge on any atom is 0.344 e. The first kappa shape index (κ1) is 22.0. The highest BCUT2D eigenvalue weighted by atomic mass is 32.1. The van der Waals surface area contributed by atoms with Crippen molar-refractivity contribution in [3.05, 3.63) is 63.3 Å². The van der Waals surface area contributed by atoms with E-state index in [-0.39, 0.29) is 17.4 Å². The third-order valence-corrected chi connectivity index (χ3v) is 5.71. The number of hydrogen-bond acceptors (Lipinski definition) is 7. The Kier molecular flexibility index (Phi) is 7.62. The minimum absolute atomic E-state index is 0.00734. The number of fused-ring (bicyclic) bond motifs is 1. The van der Waals surface area contributed by atoms with Crippen molar-refractivity contribution >= 4 is 27.5 Å². The largest absolute Gasteiger partial charge is 0.482 e. The molecule has 0 bridgehead atoms. The summed E-state index contributed by atoms with van der Waals surface area (Å²) < 4.78 is 12.7. The van der Waals surface area contributed by atoms with Gasteiger partial charge in [-0.25, -0.2) is 4.79 Å². The summed E-state index contributed by atoms with van der Waals surface area (Å²) in [5, 5.41) is 13.7. The van der Waals surface area contributed by atoms with Crippen LogP contribution in [0.1, 0.15) is 24.2 Å². The maximum atomic E-state index is 11.8. The summed E-state index contributed by atoms with van der Waals surface area (Å²) in [5.41, 5.74) is 2.79. The third kappa shape index (κ3) is 5.69. The van der Waals surface area contributed by atoms with Crippen LogP contribution in [0.5, 0.6) is 5.75 Å². The van der Waals surface area contributed by atoms with Crippen molar-refractivity contribution in [2.75, 3.05) is 26.3 Å². The van der Waals surface area contributed by atoms with E-state index in [1.807, 2.05) is 42.5 Å². The number of nitrogens with one attached hydrogen (secondary N) is 1. The smallest absolute Gasteiger partial charge is 0.344 e. The number of aliphatic hydroxyl groups excluding tert-OH is 1. The highest BCUT2D eigenvalue weighted by Gasteiger charge is 2.11. The van der Waals surface area contributed by atoms with Crippen LogP contribution in [0.4, 0.5) is 0 Å². The maximum absolute atomic E-state index is 11.8. The summed E-state index contributed by atoms with van der Waals surface area (Å²) >= 11 is 1.18. The molecule has 2 aromatic carbocycles. The third-order valence-electron chi connectivity index (χ3n) is 4.71. The lowest BCUT2D eigenvalue weighted by Gasteiger charge is -2.13. The van der Waals surface area contributed by atoms with E-state index in [9.17, 15) is 14.7 Å². The second kappa shape index (κ2) is 10.4. The molecule has 1 aromatic heterocycles. The molecule has 1 unspecified atom stereocenters. The van der Waals surface area contributed by atoms with Gasteiger partial charge in [-0.15, -0.1) is 0 Å². The molecule has 0 spiro atoms. The average Bonchev–Trinajstić information content (AvgIpc) is 3.03. The Hall–Kier alpha value is -2.68. The van der Waals surface area contributed by atoms with E-state index in [1.165, 1.54) is 11.3 Å².